The Morgan fingerprint density at radius 2 is 1.87 bits per heavy atom. The second kappa shape index (κ2) is 4.46. The molecule has 0 aromatic carbocycles. The van der Waals surface area contributed by atoms with Crippen LogP contribution in [0.4, 0.5) is 0 Å². The first-order valence-electron chi connectivity index (χ1n) is 6.24. The molecule has 2 fully saturated rings. The van der Waals surface area contributed by atoms with Crippen LogP contribution in [0, 0.1) is 17.8 Å². The van der Waals surface area contributed by atoms with E-state index in [1.807, 2.05) is 0 Å². The number of carbonyl (C=O) groups excluding carboxylic acids is 2. The Morgan fingerprint density at radius 1 is 1.20 bits per heavy atom. The van der Waals surface area contributed by atoms with Crippen LogP contribution in [0.2, 0.25) is 0 Å². The third-order valence-corrected chi connectivity index (χ3v) is 4.14. The summed E-state index contributed by atoms with van der Waals surface area (Å²) >= 11 is 0. The molecule has 2 unspecified atom stereocenters. The molecule has 2 heteroatoms. The third kappa shape index (κ3) is 2.30. The number of ketones is 2. The quantitative estimate of drug-likeness (QED) is 0.699. The predicted molar refractivity (Wildman–Crippen MR) is 58.5 cm³/mol. The molecule has 0 N–H and O–H groups in total. The molecule has 0 bridgehead atoms. The van der Waals surface area contributed by atoms with Crippen LogP contribution < -0.4 is 0 Å². The summed E-state index contributed by atoms with van der Waals surface area (Å²) < 4.78 is 0. The van der Waals surface area contributed by atoms with Crippen LogP contribution >= 0.6 is 0 Å². The molecule has 2 atom stereocenters. The van der Waals surface area contributed by atoms with Crippen molar-refractivity contribution in [2.75, 3.05) is 0 Å². The van der Waals surface area contributed by atoms with Crippen LogP contribution in [0.1, 0.15) is 51.9 Å². The van der Waals surface area contributed by atoms with E-state index in [1.54, 1.807) is 0 Å². The Hall–Kier alpha value is -0.660. The molecule has 0 radical (unpaired) electrons. The summed E-state index contributed by atoms with van der Waals surface area (Å²) in [7, 11) is 0. The molecule has 0 saturated heterocycles. The number of rotatable bonds is 2. The second-order valence-corrected chi connectivity index (χ2v) is 5.25. The van der Waals surface area contributed by atoms with Crippen molar-refractivity contribution in [1.82, 2.24) is 0 Å². The Kier molecular flexibility index (Phi) is 3.22. The topological polar surface area (TPSA) is 34.1 Å². The molecule has 2 nitrogen and oxygen atoms in total. The van der Waals surface area contributed by atoms with Crippen molar-refractivity contribution < 1.29 is 9.59 Å². The molecule has 0 spiro atoms. The van der Waals surface area contributed by atoms with E-state index < -0.39 is 0 Å². The highest BCUT2D eigenvalue weighted by molar-refractivity contribution is 5.90. The number of hydrogen-bond donors (Lipinski definition) is 0. The van der Waals surface area contributed by atoms with Gasteiger partial charge in [0, 0.05) is 24.7 Å². The minimum Gasteiger partial charge on any atom is -0.300 e. The van der Waals surface area contributed by atoms with E-state index in [9.17, 15) is 9.59 Å². The van der Waals surface area contributed by atoms with Gasteiger partial charge in [-0.1, -0.05) is 19.8 Å². The lowest BCUT2D eigenvalue weighted by Crippen LogP contribution is -2.33. The Labute approximate surface area is 91.4 Å². The van der Waals surface area contributed by atoms with Gasteiger partial charge in [0.05, 0.1) is 0 Å². The van der Waals surface area contributed by atoms with Crippen LogP contribution in [0.3, 0.4) is 0 Å². The monoisotopic (exact) mass is 208 g/mol. The predicted octanol–water partition coefficient (Wildman–Crippen LogP) is 2.75. The minimum absolute atomic E-state index is 0.0503. The zero-order chi connectivity index (χ0) is 10.8. The highest BCUT2D eigenvalue weighted by Crippen LogP contribution is 2.35. The van der Waals surface area contributed by atoms with Gasteiger partial charge in [-0.15, -0.1) is 0 Å². The van der Waals surface area contributed by atoms with Crippen LogP contribution in [0.25, 0.3) is 0 Å². The van der Waals surface area contributed by atoms with Crippen molar-refractivity contribution in [1.29, 1.82) is 0 Å². The summed E-state index contributed by atoms with van der Waals surface area (Å²) in [5.41, 5.74) is 0. The maximum Gasteiger partial charge on any atom is 0.139 e. The zero-order valence-electron chi connectivity index (χ0n) is 9.50. The minimum atomic E-state index is 0.0503. The molecule has 2 aliphatic rings. The fourth-order valence-electron chi connectivity index (χ4n) is 3.03. The third-order valence-electron chi connectivity index (χ3n) is 4.14. The van der Waals surface area contributed by atoms with Gasteiger partial charge in [0.25, 0.3) is 0 Å². The van der Waals surface area contributed by atoms with Gasteiger partial charge in [0.1, 0.15) is 11.6 Å². The average Bonchev–Trinajstić information content (AvgIpc) is 2.74. The van der Waals surface area contributed by atoms with Gasteiger partial charge in [-0.25, -0.2) is 0 Å². The standard InChI is InChI=1S/C13H20O2/c1-9-6-7-11(14)8-12(9)13(15)10-4-2-3-5-10/h9-10,12H,2-8H2,1H3. The highest BCUT2D eigenvalue weighted by atomic mass is 16.1. The van der Waals surface area contributed by atoms with Crippen LogP contribution in [-0.4, -0.2) is 11.6 Å². The zero-order valence-corrected chi connectivity index (χ0v) is 9.50. The molecular weight excluding hydrogens is 188 g/mol. The van der Waals surface area contributed by atoms with Crippen molar-refractivity contribution in [3.8, 4) is 0 Å². The van der Waals surface area contributed by atoms with E-state index in [0.29, 0.717) is 30.3 Å². The average molecular weight is 208 g/mol. The fourth-order valence-corrected chi connectivity index (χ4v) is 3.03. The van der Waals surface area contributed by atoms with E-state index in [0.717, 1.165) is 19.3 Å². The first kappa shape index (κ1) is 10.8. The molecule has 0 amide bonds. The fraction of sp³-hybridized carbons (Fsp3) is 0.846. The van der Waals surface area contributed by atoms with Gasteiger partial charge >= 0.3 is 0 Å². The lowest BCUT2D eigenvalue weighted by molar-refractivity contribution is -0.134. The van der Waals surface area contributed by atoms with Gasteiger partial charge in [-0.05, 0) is 25.2 Å². The Morgan fingerprint density at radius 3 is 2.53 bits per heavy atom. The van der Waals surface area contributed by atoms with Crippen molar-refractivity contribution >= 4 is 11.6 Å². The first-order chi connectivity index (χ1) is 7.18. The summed E-state index contributed by atoms with van der Waals surface area (Å²) in [6, 6.07) is 0. The van der Waals surface area contributed by atoms with Crippen LogP contribution in [-0.2, 0) is 9.59 Å². The highest BCUT2D eigenvalue weighted by Gasteiger charge is 2.36. The van der Waals surface area contributed by atoms with E-state index >= 15 is 0 Å². The van der Waals surface area contributed by atoms with Gasteiger partial charge in [-0.2, -0.15) is 0 Å². The summed E-state index contributed by atoms with van der Waals surface area (Å²) in [6.45, 7) is 2.13. The molecule has 0 aliphatic heterocycles. The van der Waals surface area contributed by atoms with Crippen LogP contribution in [0.5, 0.6) is 0 Å². The van der Waals surface area contributed by atoms with Crippen LogP contribution in [0.15, 0.2) is 0 Å². The maximum atomic E-state index is 12.2. The Balaban J connectivity index is 2.00. The molecule has 84 valence electrons. The van der Waals surface area contributed by atoms with E-state index in [-0.39, 0.29) is 11.8 Å². The first-order valence-corrected chi connectivity index (χ1v) is 6.24. The van der Waals surface area contributed by atoms with E-state index in [1.165, 1.54) is 12.8 Å². The molecule has 2 saturated carbocycles. The summed E-state index contributed by atoms with van der Waals surface area (Å²) in [5.74, 6) is 1.45. The SMILES string of the molecule is CC1CCC(=O)CC1C(=O)C1CCCC1. The van der Waals surface area contributed by atoms with Crippen molar-refractivity contribution in [2.24, 2.45) is 17.8 Å². The van der Waals surface area contributed by atoms with E-state index in [4.69, 9.17) is 0 Å². The van der Waals surface area contributed by atoms with Gasteiger partial charge < -0.3 is 0 Å². The van der Waals surface area contributed by atoms with Crippen molar-refractivity contribution in [2.45, 2.75) is 51.9 Å². The lowest BCUT2D eigenvalue weighted by Gasteiger charge is -2.28. The molecule has 0 aromatic heterocycles. The number of hydrogen-bond acceptors (Lipinski definition) is 2. The Bertz CT molecular complexity index is 264. The summed E-state index contributed by atoms with van der Waals surface area (Å²) in [5, 5.41) is 0. The maximum absolute atomic E-state index is 12.2. The molecule has 2 aliphatic carbocycles. The summed E-state index contributed by atoms with van der Waals surface area (Å²) in [4.78, 5) is 23.6. The molecular formula is C13H20O2. The largest absolute Gasteiger partial charge is 0.300 e. The van der Waals surface area contributed by atoms with Gasteiger partial charge in [-0.3, -0.25) is 9.59 Å². The second-order valence-electron chi connectivity index (χ2n) is 5.25. The van der Waals surface area contributed by atoms with Crippen molar-refractivity contribution in [3.05, 3.63) is 0 Å². The van der Waals surface area contributed by atoms with Gasteiger partial charge in [0.15, 0.2) is 0 Å². The molecule has 15 heavy (non-hydrogen) atoms. The number of carbonyl (C=O) groups is 2. The summed E-state index contributed by atoms with van der Waals surface area (Å²) in [6.07, 6.45) is 6.66. The van der Waals surface area contributed by atoms with E-state index in [2.05, 4.69) is 6.92 Å². The molecule has 0 heterocycles. The molecule has 0 aromatic rings. The number of Topliss-reactive ketones (excluding diaryl/α,β-unsaturated/α-hetero) is 2. The lowest BCUT2D eigenvalue weighted by atomic mass is 9.74. The smallest absolute Gasteiger partial charge is 0.139 e. The van der Waals surface area contributed by atoms with Gasteiger partial charge in [0.2, 0.25) is 0 Å². The van der Waals surface area contributed by atoms with Crippen molar-refractivity contribution in [3.63, 3.8) is 0 Å². The molecule has 2 rings (SSSR count). The normalized spacial score (nSPS) is 33.3.